The summed E-state index contributed by atoms with van der Waals surface area (Å²) in [6.45, 7) is 1.58. The van der Waals surface area contributed by atoms with Gasteiger partial charge in [0.25, 0.3) is 10.0 Å². The quantitative estimate of drug-likeness (QED) is 0.865. The largest absolute Gasteiger partial charge is 0.375 e. The molecule has 0 fully saturated rings. The summed E-state index contributed by atoms with van der Waals surface area (Å²) in [6, 6.07) is 0. The number of rotatable bonds is 3. The van der Waals surface area contributed by atoms with Crippen molar-refractivity contribution in [2.75, 3.05) is 10.5 Å². The molecule has 10 heteroatoms. The van der Waals surface area contributed by atoms with Crippen LogP contribution in [-0.2, 0) is 10.0 Å². The van der Waals surface area contributed by atoms with Crippen molar-refractivity contribution in [3.8, 4) is 0 Å². The number of hydrogen-bond donors (Lipinski definition) is 2. The summed E-state index contributed by atoms with van der Waals surface area (Å²) in [5.41, 5.74) is 5.83. The van der Waals surface area contributed by atoms with Crippen LogP contribution in [-0.4, -0.2) is 23.4 Å². The van der Waals surface area contributed by atoms with E-state index in [9.17, 15) is 8.42 Å². The second-order valence-electron chi connectivity index (χ2n) is 3.25. The fraction of sp³-hybridized carbons (Fsp3) is 0.125. The van der Waals surface area contributed by atoms with Crippen LogP contribution in [0.15, 0.2) is 21.2 Å². The van der Waals surface area contributed by atoms with E-state index in [1.165, 1.54) is 12.4 Å². The van der Waals surface area contributed by atoms with E-state index in [1.807, 2.05) is 0 Å². The Labute approximate surface area is 116 Å². The highest BCUT2D eigenvalue weighted by atomic mass is 79.9. The zero-order valence-electron chi connectivity index (χ0n) is 9.08. The molecule has 2 aromatic heterocycles. The number of aryl methyl sites for hydroxylation is 1. The average Bonchev–Trinajstić information content (AvgIpc) is 2.62. The van der Waals surface area contributed by atoms with E-state index in [0.29, 0.717) is 10.3 Å². The van der Waals surface area contributed by atoms with Crippen molar-refractivity contribution in [3.63, 3.8) is 0 Å². The summed E-state index contributed by atoms with van der Waals surface area (Å²) >= 11 is 4.01. The lowest BCUT2D eigenvalue weighted by molar-refractivity contribution is 0.602. The number of sulfonamides is 1. The first-order chi connectivity index (χ1) is 8.38. The Morgan fingerprint density at radius 1 is 1.39 bits per heavy atom. The van der Waals surface area contributed by atoms with Gasteiger partial charge in [-0.25, -0.2) is 23.4 Å². The molecule has 2 aromatic rings. The fourth-order valence-electron chi connectivity index (χ4n) is 1.20. The molecule has 2 heterocycles. The third kappa shape index (κ3) is 2.76. The third-order valence-corrected chi connectivity index (χ3v) is 5.23. The van der Waals surface area contributed by atoms with Gasteiger partial charge in [0.2, 0.25) is 0 Å². The molecular formula is C8H8BrN5O2S2. The van der Waals surface area contributed by atoms with Crippen molar-refractivity contribution in [1.29, 1.82) is 0 Å². The van der Waals surface area contributed by atoms with Crippen LogP contribution in [0.1, 0.15) is 5.69 Å². The molecular weight excluding hydrogens is 342 g/mol. The van der Waals surface area contributed by atoms with Gasteiger partial charge in [0.05, 0.1) is 18.1 Å². The number of thiazole rings is 1. The Balaban J connectivity index is 2.33. The van der Waals surface area contributed by atoms with Gasteiger partial charge in [-0.1, -0.05) is 11.3 Å². The standard InChI is InChI=1S/C8H8BrN5O2S2/c1-4-7(17-8(10)13-4)18(15,16)14-6-3-11-5(9)2-12-6/h2-3H,1H3,(H2,10,13)(H,12,14). The summed E-state index contributed by atoms with van der Waals surface area (Å²) in [5, 5.41) is 0.203. The van der Waals surface area contributed by atoms with E-state index < -0.39 is 10.0 Å². The van der Waals surface area contributed by atoms with Gasteiger partial charge >= 0.3 is 0 Å². The smallest absolute Gasteiger partial charge is 0.274 e. The maximum atomic E-state index is 12.0. The molecule has 0 amide bonds. The first-order valence-electron chi connectivity index (χ1n) is 4.62. The molecule has 0 spiro atoms. The SMILES string of the molecule is Cc1nc(N)sc1S(=O)(=O)Nc1cnc(Br)cn1. The topological polar surface area (TPSA) is 111 Å². The molecule has 18 heavy (non-hydrogen) atoms. The lowest BCUT2D eigenvalue weighted by atomic mass is 10.6. The van der Waals surface area contributed by atoms with E-state index >= 15 is 0 Å². The van der Waals surface area contributed by atoms with Crippen LogP contribution in [0.3, 0.4) is 0 Å². The molecule has 0 aromatic carbocycles. The minimum absolute atomic E-state index is 0.0738. The van der Waals surface area contributed by atoms with E-state index in [0.717, 1.165) is 11.3 Å². The first kappa shape index (κ1) is 13.2. The molecule has 0 atom stereocenters. The number of nitrogens with two attached hydrogens (primary N) is 1. The van der Waals surface area contributed by atoms with Crippen LogP contribution >= 0.6 is 27.3 Å². The maximum Gasteiger partial charge on any atom is 0.274 e. The number of nitrogens with zero attached hydrogens (tertiary/aromatic N) is 3. The van der Waals surface area contributed by atoms with Crippen molar-refractivity contribution >= 4 is 48.2 Å². The van der Waals surface area contributed by atoms with Crippen LogP contribution in [0.4, 0.5) is 10.9 Å². The molecule has 0 saturated heterocycles. The molecule has 96 valence electrons. The summed E-state index contributed by atoms with van der Waals surface area (Å²) in [5.74, 6) is 0.129. The van der Waals surface area contributed by atoms with Crippen molar-refractivity contribution in [2.24, 2.45) is 0 Å². The minimum Gasteiger partial charge on any atom is -0.375 e. The predicted molar refractivity (Wildman–Crippen MR) is 71.8 cm³/mol. The Hall–Kier alpha value is -1.26. The molecule has 0 unspecified atom stereocenters. The number of aromatic nitrogens is 3. The highest BCUT2D eigenvalue weighted by Crippen LogP contribution is 2.26. The lowest BCUT2D eigenvalue weighted by Crippen LogP contribution is -2.13. The molecule has 2 rings (SSSR count). The third-order valence-electron chi connectivity index (χ3n) is 1.87. The molecule has 0 aliphatic carbocycles. The Kier molecular flexibility index (Phi) is 3.50. The molecule has 0 bridgehead atoms. The van der Waals surface area contributed by atoms with Gasteiger partial charge in [-0.2, -0.15) is 0 Å². The Morgan fingerprint density at radius 2 is 2.11 bits per heavy atom. The van der Waals surface area contributed by atoms with Gasteiger partial charge in [0, 0.05) is 0 Å². The Morgan fingerprint density at radius 3 is 2.61 bits per heavy atom. The van der Waals surface area contributed by atoms with Gasteiger partial charge in [-0.05, 0) is 22.9 Å². The van der Waals surface area contributed by atoms with Crippen molar-refractivity contribution in [2.45, 2.75) is 11.1 Å². The highest BCUT2D eigenvalue weighted by molar-refractivity contribution is 9.10. The monoisotopic (exact) mass is 349 g/mol. The highest BCUT2D eigenvalue weighted by Gasteiger charge is 2.21. The van der Waals surface area contributed by atoms with Crippen LogP contribution < -0.4 is 10.5 Å². The predicted octanol–water partition coefficient (Wildman–Crippen LogP) is 1.39. The van der Waals surface area contributed by atoms with Crippen LogP contribution in [0.5, 0.6) is 0 Å². The van der Waals surface area contributed by atoms with E-state index in [2.05, 4.69) is 35.6 Å². The normalized spacial score (nSPS) is 11.4. The summed E-state index contributed by atoms with van der Waals surface area (Å²) in [7, 11) is -3.73. The number of nitrogen functional groups attached to an aromatic ring is 1. The molecule has 3 N–H and O–H groups in total. The number of halogens is 1. The maximum absolute atomic E-state index is 12.0. The van der Waals surface area contributed by atoms with Gasteiger partial charge in [0.1, 0.15) is 4.60 Å². The molecule has 0 aliphatic rings. The van der Waals surface area contributed by atoms with Crippen LogP contribution in [0.25, 0.3) is 0 Å². The second-order valence-corrected chi connectivity index (χ2v) is 6.98. The van der Waals surface area contributed by atoms with Gasteiger partial charge in [0.15, 0.2) is 15.2 Å². The average molecular weight is 350 g/mol. The second kappa shape index (κ2) is 4.78. The summed E-state index contributed by atoms with van der Waals surface area (Å²) in [6.07, 6.45) is 2.70. The zero-order valence-corrected chi connectivity index (χ0v) is 12.3. The number of anilines is 2. The van der Waals surface area contributed by atoms with Crippen molar-refractivity contribution in [3.05, 3.63) is 22.7 Å². The molecule has 0 aliphatic heterocycles. The zero-order chi connectivity index (χ0) is 13.3. The fourth-order valence-corrected chi connectivity index (χ4v) is 3.70. The number of hydrogen-bond acceptors (Lipinski definition) is 7. The first-order valence-corrected chi connectivity index (χ1v) is 7.71. The van der Waals surface area contributed by atoms with Crippen LogP contribution in [0, 0.1) is 6.92 Å². The van der Waals surface area contributed by atoms with Crippen molar-refractivity contribution in [1.82, 2.24) is 15.0 Å². The molecule has 0 saturated carbocycles. The van der Waals surface area contributed by atoms with Gasteiger partial charge in [-0.15, -0.1) is 0 Å². The van der Waals surface area contributed by atoms with Gasteiger partial charge in [-0.3, -0.25) is 4.72 Å². The van der Waals surface area contributed by atoms with Gasteiger partial charge < -0.3 is 5.73 Å². The van der Waals surface area contributed by atoms with Crippen LogP contribution in [0.2, 0.25) is 0 Å². The molecule has 0 radical (unpaired) electrons. The van der Waals surface area contributed by atoms with E-state index in [1.54, 1.807) is 6.92 Å². The summed E-state index contributed by atoms with van der Waals surface area (Å²) in [4.78, 5) is 11.6. The Bertz CT molecular complexity index is 667. The lowest BCUT2D eigenvalue weighted by Gasteiger charge is -2.04. The summed E-state index contributed by atoms with van der Waals surface area (Å²) < 4.78 is 27.0. The van der Waals surface area contributed by atoms with Crippen molar-refractivity contribution < 1.29 is 8.42 Å². The van der Waals surface area contributed by atoms with E-state index in [4.69, 9.17) is 5.73 Å². The minimum atomic E-state index is -3.73. The number of nitrogens with one attached hydrogen (secondary N) is 1. The van der Waals surface area contributed by atoms with E-state index in [-0.39, 0.29) is 15.2 Å². The molecule has 7 nitrogen and oxygen atoms in total.